The summed E-state index contributed by atoms with van der Waals surface area (Å²) < 4.78 is 10.6. The van der Waals surface area contributed by atoms with Crippen molar-refractivity contribution >= 4 is 53.2 Å². The lowest BCUT2D eigenvalue weighted by Gasteiger charge is -2.24. The highest BCUT2D eigenvalue weighted by molar-refractivity contribution is 5.94. The van der Waals surface area contributed by atoms with Crippen LogP contribution in [-0.2, 0) is 59.2 Å². The lowest BCUT2D eigenvalue weighted by molar-refractivity contribution is -0.145. The summed E-state index contributed by atoms with van der Waals surface area (Å²) in [5.41, 5.74) is 0.789. The van der Waals surface area contributed by atoms with Gasteiger partial charge in [0.1, 0.15) is 32.4 Å². The van der Waals surface area contributed by atoms with Crippen molar-refractivity contribution in [2.45, 2.75) is 219 Å². The Kier molecular flexibility index (Phi) is 41.6. The average molecular weight is 1110 g/mol. The van der Waals surface area contributed by atoms with E-state index in [1.54, 1.807) is 24.3 Å². The molecule has 19 nitrogen and oxygen atoms in total. The first-order valence-corrected chi connectivity index (χ1v) is 30.4. The number of unbranched alkanes of at least 4 members (excludes halogenated alkanes) is 26. The number of hydrogen-bond donors (Lipinski definition) is 6. The van der Waals surface area contributed by atoms with E-state index in [0.717, 1.165) is 44.1 Å². The molecule has 0 unspecified atom stereocenters. The maximum absolute atomic E-state index is 13.3. The van der Waals surface area contributed by atoms with Crippen LogP contribution >= 0.6 is 0 Å². The Labute approximate surface area is 473 Å². The number of rotatable bonds is 49. The number of carbonyl (C=O) groups excluding carboxylic acids is 9. The molecule has 0 bridgehead atoms. The normalized spacial score (nSPS) is 12.8. The monoisotopic (exact) mass is 1110 g/mol. The van der Waals surface area contributed by atoms with Gasteiger partial charge in [-0.1, -0.05) is 211 Å². The van der Waals surface area contributed by atoms with Gasteiger partial charge in [-0.3, -0.25) is 43.2 Å². The summed E-state index contributed by atoms with van der Waals surface area (Å²) in [5, 5.41) is 14.4. The fourth-order valence-electron chi connectivity index (χ4n) is 9.37. The summed E-state index contributed by atoms with van der Waals surface area (Å²) in [6, 6.07) is 8.14. The zero-order chi connectivity index (χ0) is 57.4. The molecule has 0 spiro atoms. The minimum Gasteiger partial charge on any atom is -0.460 e. The van der Waals surface area contributed by atoms with Crippen LogP contribution in [0.2, 0.25) is 0 Å². The molecule has 1 fully saturated rings. The number of hydrogen-bond acceptors (Lipinski definition) is 11. The second kappa shape index (κ2) is 47.2. The Balaban J connectivity index is 1.62. The molecule has 448 valence electrons. The standard InChI is InChI=1S/C60H102N8O11/c1-3-5-7-9-11-13-15-17-19-21-23-25-27-32-38-67(39-33-28-26-24-22-20-18-16-14-12-10-8-6-4-2)58(75)49-78-48-56(73)63-43-52(69)61-41-53(70)64-45-57(74)68-40-34-37-51(68)60(77)66-44-55(72)62-42-54(71)65-46-59(76)79-47-50-35-30-29-31-36-50/h29-31,35-36,51H,3-28,32-34,37-49H2,1-2H3,(H,61,69)(H,62,72)(H,63,73)(H,64,70)(H,65,71)(H,66,77)/t51-/m0/s1. The maximum atomic E-state index is 13.3. The molecule has 1 aromatic rings. The van der Waals surface area contributed by atoms with Crippen LogP contribution in [-0.4, -0.2) is 141 Å². The van der Waals surface area contributed by atoms with E-state index in [0.29, 0.717) is 25.9 Å². The highest BCUT2D eigenvalue weighted by atomic mass is 16.5. The van der Waals surface area contributed by atoms with Crippen molar-refractivity contribution < 1.29 is 52.6 Å². The molecule has 19 heteroatoms. The molecule has 0 saturated carbocycles. The summed E-state index contributed by atoms with van der Waals surface area (Å²) in [7, 11) is 0. The molecule has 1 heterocycles. The molecule has 6 N–H and O–H groups in total. The molecule has 0 aromatic heterocycles. The lowest BCUT2D eigenvalue weighted by atomic mass is 10.0. The molecule has 0 radical (unpaired) electrons. The smallest absolute Gasteiger partial charge is 0.325 e. The summed E-state index contributed by atoms with van der Waals surface area (Å²) in [6.07, 6.45) is 36.2. The summed E-state index contributed by atoms with van der Waals surface area (Å²) in [4.78, 5) is 116. The number of esters is 1. The molecule has 1 saturated heterocycles. The summed E-state index contributed by atoms with van der Waals surface area (Å²) in [5.74, 6) is -5.16. The van der Waals surface area contributed by atoms with Gasteiger partial charge < -0.3 is 51.2 Å². The molecule has 8 amide bonds. The molecular weight excluding hydrogens is 1010 g/mol. The van der Waals surface area contributed by atoms with Crippen molar-refractivity contribution in [1.29, 1.82) is 0 Å². The second-order valence-electron chi connectivity index (χ2n) is 21.1. The Hall–Kier alpha value is -5.59. The van der Waals surface area contributed by atoms with E-state index >= 15 is 0 Å². The number of likely N-dealkylation sites (tertiary alicyclic amines) is 1. The van der Waals surface area contributed by atoms with E-state index < -0.39 is 92.7 Å². The van der Waals surface area contributed by atoms with E-state index in [-0.39, 0.29) is 32.2 Å². The van der Waals surface area contributed by atoms with E-state index in [1.165, 1.54) is 146 Å². The zero-order valence-electron chi connectivity index (χ0n) is 48.5. The molecule has 79 heavy (non-hydrogen) atoms. The van der Waals surface area contributed by atoms with Gasteiger partial charge in [0, 0.05) is 19.6 Å². The van der Waals surface area contributed by atoms with Crippen LogP contribution in [0.5, 0.6) is 0 Å². The lowest BCUT2D eigenvalue weighted by Crippen LogP contribution is -2.51. The molecule has 0 aliphatic carbocycles. The average Bonchev–Trinajstić information content (AvgIpc) is 4.00. The van der Waals surface area contributed by atoms with Gasteiger partial charge >= 0.3 is 5.97 Å². The molecule has 2 rings (SSSR count). The number of nitrogens with zero attached hydrogens (tertiary/aromatic N) is 2. The summed E-state index contributed by atoms with van der Waals surface area (Å²) in [6.45, 7) is 2.83. The predicted octanol–water partition coefficient (Wildman–Crippen LogP) is 7.23. The van der Waals surface area contributed by atoms with E-state index in [4.69, 9.17) is 9.47 Å². The third kappa shape index (κ3) is 37.8. The molecule has 1 aliphatic rings. The molecule has 1 aliphatic heterocycles. The van der Waals surface area contributed by atoms with E-state index in [1.807, 2.05) is 11.0 Å². The minimum atomic E-state index is -0.885. The Bertz CT molecular complexity index is 1840. The Morgan fingerprint density at radius 2 is 0.861 bits per heavy atom. The largest absolute Gasteiger partial charge is 0.460 e. The number of ether oxygens (including phenoxy) is 2. The quantitative estimate of drug-likeness (QED) is 0.0281. The van der Waals surface area contributed by atoms with Crippen LogP contribution in [0.3, 0.4) is 0 Å². The fraction of sp³-hybridized carbons (Fsp3) is 0.750. The first kappa shape index (κ1) is 69.5. The third-order valence-corrected chi connectivity index (χ3v) is 14.1. The predicted molar refractivity (Wildman–Crippen MR) is 307 cm³/mol. The van der Waals surface area contributed by atoms with Gasteiger partial charge in [-0.25, -0.2) is 0 Å². The Morgan fingerprint density at radius 1 is 0.468 bits per heavy atom. The van der Waals surface area contributed by atoms with Gasteiger partial charge in [0.2, 0.25) is 47.3 Å². The van der Waals surface area contributed by atoms with Gasteiger partial charge in [-0.05, 0) is 31.2 Å². The number of nitrogens with one attached hydrogen (secondary N) is 6. The maximum Gasteiger partial charge on any atom is 0.325 e. The van der Waals surface area contributed by atoms with Crippen molar-refractivity contribution in [3.05, 3.63) is 35.9 Å². The van der Waals surface area contributed by atoms with Crippen LogP contribution < -0.4 is 31.9 Å². The first-order valence-electron chi connectivity index (χ1n) is 30.4. The first-order chi connectivity index (χ1) is 38.4. The van der Waals surface area contributed by atoms with E-state index in [2.05, 4.69) is 45.7 Å². The SMILES string of the molecule is CCCCCCCCCCCCCCCCN(CCCCCCCCCCCCCCCC)C(=O)COCC(=O)NCC(=O)NCC(=O)NCC(=O)N1CCC[C@H]1C(=O)NCC(=O)NCC(=O)NCC(=O)OCc1ccccc1. The van der Waals surface area contributed by atoms with Crippen LogP contribution in [0.4, 0.5) is 0 Å². The molecule has 1 atom stereocenters. The Morgan fingerprint density at radius 3 is 1.32 bits per heavy atom. The van der Waals surface area contributed by atoms with Crippen LogP contribution in [0.15, 0.2) is 30.3 Å². The van der Waals surface area contributed by atoms with Crippen LogP contribution in [0.1, 0.15) is 212 Å². The third-order valence-electron chi connectivity index (χ3n) is 14.1. The highest BCUT2D eigenvalue weighted by Crippen LogP contribution is 2.18. The van der Waals surface area contributed by atoms with Gasteiger partial charge in [0.25, 0.3) is 0 Å². The van der Waals surface area contributed by atoms with Crippen molar-refractivity contribution in [2.75, 3.05) is 72.1 Å². The highest BCUT2D eigenvalue weighted by Gasteiger charge is 2.34. The van der Waals surface area contributed by atoms with Gasteiger partial charge in [0.15, 0.2) is 0 Å². The van der Waals surface area contributed by atoms with Crippen LogP contribution in [0.25, 0.3) is 0 Å². The fourth-order valence-corrected chi connectivity index (χ4v) is 9.37. The zero-order valence-corrected chi connectivity index (χ0v) is 48.5. The second-order valence-corrected chi connectivity index (χ2v) is 21.1. The van der Waals surface area contributed by atoms with Gasteiger partial charge in [0.05, 0.1) is 32.7 Å². The molecular formula is C60H102N8O11. The van der Waals surface area contributed by atoms with Crippen molar-refractivity contribution in [3.63, 3.8) is 0 Å². The minimum absolute atomic E-state index is 0.0519. The van der Waals surface area contributed by atoms with E-state index in [9.17, 15) is 43.2 Å². The van der Waals surface area contributed by atoms with Crippen molar-refractivity contribution in [3.8, 4) is 0 Å². The molecule has 1 aromatic carbocycles. The van der Waals surface area contributed by atoms with Crippen molar-refractivity contribution in [1.82, 2.24) is 41.7 Å². The van der Waals surface area contributed by atoms with Crippen LogP contribution in [0, 0.1) is 0 Å². The number of benzene rings is 1. The number of amides is 8. The van der Waals surface area contributed by atoms with Gasteiger partial charge in [-0.15, -0.1) is 0 Å². The topological polar surface area (TPSA) is 251 Å². The summed E-state index contributed by atoms with van der Waals surface area (Å²) >= 11 is 0. The van der Waals surface area contributed by atoms with Crippen molar-refractivity contribution in [2.24, 2.45) is 0 Å². The number of carbonyl (C=O) groups is 9. The van der Waals surface area contributed by atoms with Gasteiger partial charge in [-0.2, -0.15) is 0 Å².